The van der Waals surface area contributed by atoms with Gasteiger partial charge in [0.05, 0.1) is 5.56 Å². The molecule has 2 heteroatoms. The van der Waals surface area contributed by atoms with E-state index < -0.39 is 0 Å². The molecule has 0 heterocycles. The highest BCUT2D eigenvalue weighted by Gasteiger charge is 2.33. The number of fused-ring (bicyclic) bond motifs is 1. The Morgan fingerprint density at radius 2 is 1.68 bits per heavy atom. The van der Waals surface area contributed by atoms with Crippen LogP contribution in [0.3, 0.4) is 0 Å². The van der Waals surface area contributed by atoms with E-state index in [2.05, 4.69) is 0 Å². The number of benzene rings is 1. The van der Waals surface area contributed by atoms with Gasteiger partial charge >= 0.3 is 5.97 Å². The van der Waals surface area contributed by atoms with Gasteiger partial charge in [0.25, 0.3) is 0 Å². The lowest BCUT2D eigenvalue weighted by Gasteiger charge is -2.38. The van der Waals surface area contributed by atoms with Crippen LogP contribution in [0.15, 0.2) is 30.3 Å². The van der Waals surface area contributed by atoms with Crippen molar-refractivity contribution < 1.29 is 9.53 Å². The molecule has 3 atom stereocenters. The summed E-state index contributed by atoms with van der Waals surface area (Å²) in [4.78, 5) is 12.1. The minimum absolute atomic E-state index is 0.145. The van der Waals surface area contributed by atoms with E-state index in [1.807, 2.05) is 30.3 Å². The molecule has 2 aliphatic rings. The van der Waals surface area contributed by atoms with Crippen molar-refractivity contribution in [3.05, 3.63) is 35.9 Å². The molecule has 0 radical (unpaired) electrons. The summed E-state index contributed by atoms with van der Waals surface area (Å²) < 4.78 is 5.69. The highest BCUT2D eigenvalue weighted by atomic mass is 16.5. The van der Waals surface area contributed by atoms with Crippen molar-refractivity contribution >= 4 is 5.97 Å². The fraction of sp³-hybridized carbons (Fsp3) is 0.588. The molecule has 1 aromatic carbocycles. The van der Waals surface area contributed by atoms with Crippen LogP contribution < -0.4 is 0 Å². The van der Waals surface area contributed by atoms with Gasteiger partial charge in [-0.15, -0.1) is 0 Å². The van der Waals surface area contributed by atoms with Gasteiger partial charge in [0.15, 0.2) is 0 Å². The minimum atomic E-state index is -0.153. The van der Waals surface area contributed by atoms with Gasteiger partial charge in [0.1, 0.15) is 6.10 Å². The number of esters is 1. The van der Waals surface area contributed by atoms with Gasteiger partial charge in [-0.2, -0.15) is 0 Å². The molecule has 0 N–H and O–H groups in total. The summed E-state index contributed by atoms with van der Waals surface area (Å²) in [5.74, 6) is 1.55. The number of carbonyl (C=O) groups excluding carboxylic acids is 1. The molecule has 0 bridgehead atoms. The number of carbonyl (C=O) groups is 1. The predicted octanol–water partition coefficient (Wildman–Crippen LogP) is 4.20. The number of hydrogen-bond donors (Lipinski definition) is 0. The monoisotopic (exact) mass is 258 g/mol. The van der Waals surface area contributed by atoms with Gasteiger partial charge < -0.3 is 4.74 Å². The molecule has 3 rings (SSSR count). The zero-order valence-electron chi connectivity index (χ0n) is 11.4. The SMILES string of the molecule is O=C(OC1CCC2CCCCC2C1)c1ccccc1. The fourth-order valence-electron chi connectivity index (χ4n) is 3.73. The van der Waals surface area contributed by atoms with Crippen molar-refractivity contribution in [2.75, 3.05) is 0 Å². The Labute approximate surface area is 115 Å². The third-order valence-corrected chi connectivity index (χ3v) is 4.77. The van der Waals surface area contributed by atoms with Gasteiger partial charge in [-0.25, -0.2) is 4.79 Å². The van der Waals surface area contributed by atoms with Crippen molar-refractivity contribution in [1.29, 1.82) is 0 Å². The van der Waals surface area contributed by atoms with Crippen LogP contribution >= 0.6 is 0 Å². The standard InChI is InChI=1S/C17H22O2/c18-17(14-7-2-1-3-8-14)19-16-11-10-13-6-4-5-9-15(13)12-16/h1-3,7-8,13,15-16H,4-6,9-12H2. The Hall–Kier alpha value is -1.31. The Morgan fingerprint density at radius 3 is 2.47 bits per heavy atom. The normalized spacial score (nSPS) is 30.4. The molecule has 102 valence electrons. The highest BCUT2D eigenvalue weighted by Crippen LogP contribution is 2.41. The first kappa shape index (κ1) is 12.7. The molecule has 1 aromatic rings. The topological polar surface area (TPSA) is 26.3 Å². The molecule has 0 aliphatic heterocycles. The quantitative estimate of drug-likeness (QED) is 0.743. The molecular formula is C17H22O2. The molecule has 2 fully saturated rings. The van der Waals surface area contributed by atoms with E-state index in [0.717, 1.165) is 24.7 Å². The molecule has 2 aliphatic carbocycles. The number of rotatable bonds is 2. The van der Waals surface area contributed by atoms with E-state index in [1.165, 1.54) is 32.1 Å². The van der Waals surface area contributed by atoms with Crippen LogP contribution in [0.2, 0.25) is 0 Å². The Kier molecular flexibility index (Phi) is 3.86. The zero-order chi connectivity index (χ0) is 13.1. The van der Waals surface area contributed by atoms with Crippen molar-refractivity contribution in [1.82, 2.24) is 0 Å². The van der Waals surface area contributed by atoms with E-state index in [4.69, 9.17) is 4.74 Å². The van der Waals surface area contributed by atoms with Crippen molar-refractivity contribution in [2.45, 2.75) is 51.0 Å². The fourth-order valence-corrected chi connectivity index (χ4v) is 3.73. The largest absolute Gasteiger partial charge is 0.459 e. The Morgan fingerprint density at radius 1 is 0.947 bits per heavy atom. The van der Waals surface area contributed by atoms with E-state index in [-0.39, 0.29) is 12.1 Å². The van der Waals surface area contributed by atoms with Crippen LogP contribution in [0.4, 0.5) is 0 Å². The molecule has 2 saturated carbocycles. The summed E-state index contributed by atoms with van der Waals surface area (Å²) in [6.45, 7) is 0. The summed E-state index contributed by atoms with van der Waals surface area (Å²) in [5.41, 5.74) is 0.674. The average Bonchev–Trinajstić information content (AvgIpc) is 2.48. The maximum Gasteiger partial charge on any atom is 0.338 e. The van der Waals surface area contributed by atoms with Crippen molar-refractivity contribution in [2.24, 2.45) is 11.8 Å². The van der Waals surface area contributed by atoms with E-state index in [9.17, 15) is 4.79 Å². The lowest BCUT2D eigenvalue weighted by atomic mass is 9.70. The summed E-state index contributed by atoms with van der Waals surface area (Å²) in [6.07, 6.45) is 9.02. The van der Waals surface area contributed by atoms with Crippen LogP contribution in [0.1, 0.15) is 55.3 Å². The molecule has 0 aromatic heterocycles. The summed E-state index contributed by atoms with van der Waals surface area (Å²) >= 11 is 0. The second-order valence-corrected chi connectivity index (χ2v) is 6.01. The second kappa shape index (κ2) is 5.77. The smallest absolute Gasteiger partial charge is 0.338 e. The van der Waals surface area contributed by atoms with E-state index in [0.29, 0.717) is 5.56 Å². The Bertz CT molecular complexity index is 426. The molecule has 0 spiro atoms. The van der Waals surface area contributed by atoms with Crippen molar-refractivity contribution in [3.8, 4) is 0 Å². The molecule has 0 amide bonds. The third-order valence-electron chi connectivity index (χ3n) is 4.77. The van der Waals surface area contributed by atoms with Gasteiger partial charge in [-0.05, 0) is 43.2 Å². The average molecular weight is 258 g/mol. The minimum Gasteiger partial charge on any atom is -0.459 e. The van der Waals surface area contributed by atoms with Gasteiger partial charge in [0.2, 0.25) is 0 Å². The number of ether oxygens (including phenoxy) is 1. The molecular weight excluding hydrogens is 236 g/mol. The number of hydrogen-bond acceptors (Lipinski definition) is 2. The van der Waals surface area contributed by atoms with Gasteiger partial charge in [0, 0.05) is 0 Å². The van der Waals surface area contributed by atoms with Crippen molar-refractivity contribution in [3.63, 3.8) is 0 Å². The summed E-state index contributed by atoms with van der Waals surface area (Å²) in [6, 6.07) is 9.34. The highest BCUT2D eigenvalue weighted by molar-refractivity contribution is 5.89. The second-order valence-electron chi connectivity index (χ2n) is 6.01. The molecule has 19 heavy (non-hydrogen) atoms. The van der Waals surface area contributed by atoms with E-state index in [1.54, 1.807) is 0 Å². The maximum atomic E-state index is 12.1. The van der Waals surface area contributed by atoms with E-state index >= 15 is 0 Å². The zero-order valence-corrected chi connectivity index (χ0v) is 11.4. The summed E-state index contributed by atoms with van der Waals surface area (Å²) in [5, 5.41) is 0. The van der Waals surface area contributed by atoms with Crippen LogP contribution in [-0.4, -0.2) is 12.1 Å². The van der Waals surface area contributed by atoms with Gasteiger partial charge in [-0.1, -0.05) is 43.9 Å². The maximum absolute atomic E-state index is 12.1. The van der Waals surface area contributed by atoms with Gasteiger partial charge in [-0.3, -0.25) is 0 Å². The molecule has 2 nitrogen and oxygen atoms in total. The van der Waals surface area contributed by atoms with Crippen LogP contribution in [0.5, 0.6) is 0 Å². The third kappa shape index (κ3) is 2.99. The first-order chi connectivity index (χ1) is 9.33. The summed E-state index contributed by atoms with van der Waals surface area (Å²) in [7, 11) is 0. The lowest BCUT2D eigenvalue weighted by Crippen LogP contribution is -2.33. The lowest BCUT2D eigenvalue weighted by molar-refractivity contribution is -0.000922. The predicted molar refractivity (Wildman–Crippen MR) is 74.9 cm³/mol. The van der Waals surface area contributed by atoms with Crippen LogP contribution in [0.25, 0.3) is 0 Å². The molecule has 3 unspecified atom stereocenters. The first-order valence-corrected chi connectivity index (χ1v) is 7.59. The first-order valence-electron chi connectivity index (χ1n) is 7.59. The van der Waals surface area contributed by atoms with Crippen LogP contribution in [-0.2, 0) is 4.74 Å². The van der Waals surface area contributed by atoms with Crippen LogP contribution in [0, 0.1) is 11.8 Å². The Balaban J connectivity index is 1.57. The molecule has 0 saturated heterocycles.